The van der Waals surface area contributed by atoms with Gasteiger partial charge in [0.25, 0.3) is 10.0 Å². The van der Waals surface area contributed by atoms with Gasteiger partial charge in [0.05, 0.1) is 21.8 Å². The van der Waals surface area contributed by atoms with Gasteiger partial charge in [0.2, 0.25) is 0 Å². The highest BCUT2D eigenvalue weighted by atomic mass is 35.5. The summed E-state index contributed by atoms with van der Waals surface area (Å²) in [7, 11) is -4.44. The van der Waals surface area contributed by atoms with Crippen LogP contribution < -0.4 is 0 Å². The summed E-state index contributed by atoms with van der Waals surface area (Å²) in [6.45, 7) is 1.76. The van der Waals surface area contributed by atoms with Crippen molar-refractivity contribution in [3.8, 4) is 0 Å². The van der Waals surface area contributed by atoms with Gasteiger partial charge in [0, 0.05) is 21.9 Å². The second kappa shape index (κ2) is 9.61. The zero-order valence-corrected chi connectivity index (χ0v) is 21.1. The molecule has 1 unspecified atom stereocenters. The summed E-state index contributed by atoms with van der Waals surface area (Å²) in [5.41, 5.74) is 1.87. The number of fused-ring (bicyclic) bond motifs is 3. The van der Waals surface area contributed by atoms with Crippen LogP contribution in [0.5, 0.6) is 0 Å². The molecule has 4 aromatic carbocycles. The van der Waals surface area contributed by atoms with E-state index < -0.39 is 38.4 Å². The average molecular weight is 540 g/mol. The minimum atomic E-state index is -4.44. The maximum absolute atomic E-state index is 14.0. The van der Waals surface area contributed by atoms with Crippen LogP contribution in [0.3, 0.4) is 0 Å². The van der Waals surface area contributed by atoms with Gasteiger partial charge in [-0.3, -0.25) is 4.79 Å². The molecule has 5 nitrogen and oxygen atoms in total. The van der Waals surface area contributed by atoms with Crippen LogP contribution in [0, 0.1) is 11.6 Å². The first-order chi connectivity index (χ1) is 17.6. The first kappa shape index (κ1) is 24.9. The number of halogens is 3. The lowest BCUT2D eigenvalue weighted by Crippen LogP contribution is -2.15. The van der Waals surface area contributed by atoms with Crippen LogP contribution in [0.4, 0.5) is 8.78 Å². The minimum absolute atomic E-state index is 0.102. The molecule has 0 N–H and O–H groups in total. The molecule has 1 atom stereocenters. The summed E-state index contributed by atoms with van der Waals surface area (Å²) >= 11 is 6.19. The van der Waals surface area contributed by atoms with Crippen molar-refractivity contribution in [1.29, 1.82) is 0 Å². The summed E-state index contributed by atoms with van der Waals surface area (Å²) in [4.78, 5) is 12.3. The van der Waals surface area contributed by atoms with E-state index in [0.717, 1.165) is 21.7 Å². The van der Waals surface area contributed by atoms with Crippen molar-refractivity contribution in [3.63, 3.8) is 0 Å². The number of esters is 1. The Hall–Kier alpha value is -3.75. The van der Waals surface area contributed by atoms with Crippen molar-refractivity contribution in [2.24, 2.45) is 0 Å². The van der Waals surface area contributed by atoms with Crippen molar-refractivity contribution in [2.75, 3.05) is 0 Å². The fourth-order valence-electron chi connectivity index (χ4n) is 4.28. The monoisotopic (exact) mass is 539 g/mol. The molecule has 188 valence electrons. The highest BCUT2D eigenvalue weighted by molar-refractivity contribution is 7.90. The molecule has 0 bridgehead atoms. The fourth-order valence-corrected chi connectivity index (χ4v) is 6.01. The Kier molecular flexibility index (Phi) is 6.47. The third kappa shape index (κ3) is 4.70. The van der Waals surface area contributed by atoms with Crippen molar-refractivity contribution >= 4 is 49.4 Å². The van der Waals surface area contributed by atoms with Crippen LogP contribution in [-0.2, 0) is 26.2 Å². The first-order valence-electron chi connectivity index (χ1n) is 11.3. The highest BCUT2D eigenvalue weighted by Crippen LogP contribution is 2.36. The fraction of sp³-hybridized carbons (Fsp3) is 0.107. The number of rotatable bonds is 6. The molecule has 0 amide bonds. The number of aromatic nitrogens is 1. The van der Waals surface area contributed by atoms with Crippen molar-refractivity contribution in [1.82, 2.24) is 3.97 Å². The number of benzene rings is 4. The summed E-state index contributed by atoms with van der Waals surface area (Å²) < 4.78 is 61.8. The molecule has 5 aromatic rings. The van der Waals surface area contributed by atoms with Gasteiger partial charge in [0.15, 0.2) is 0 Å². The van der Waals surface area contributed by atoms with Crippen molar-refractivity contribution in [2.45, 2.75) is 24.3 Å². The molecular weight excluding hydrogens is 520 g/mol. The number of ether oxygens (including phenoxy) is 1. The molecule has 0 aliphatic rings. The van der Waals surface area contributed by atoms with Gasteiger partial charge in [-0.15, -0.1) is 0 Å². The number of hydrogen-bond donors (Lipinski definition) is 0. The number of carbonyl (C=O) groups excluding carboxylic acids is 1. The third-order valence-electron chi connectivity index (χ3n) is 6.16. The van der Waals surface area contributed by atoms with E-state index in [9.17, 15) is 22.0 Å². The molecule has 9 heteroatoms. The van der Waals surface area contributed by atoms with E-state index in [0.29, 0.717) is 27.4 Å². The Bertz CT molecular complexity index is 1750. The van der Waals surface area contributed by atoms with Gasteiger partial charge >= 0.3 is 5.97 Å². The highest BCUT2D eigenvalue weighted by Gasteiger charge is 2.26. The van der Waals surface area contributed by atoms with Gasteiger partial charge in [0.1, 0.15) is 18.2 Å². The molecule has 1 aromatic heterocycles. The molecule has 0 spiro atoms. The predicted octanol–water partition coefficient (Wildman–Crippen LogP) is 6.81. The van der Waals surface area contributed by atoms with Gasteiger partial charge in [-0.25, -0.2) is 21.2 Å². The third-order valence-corrected chi connectivity index (χ3v) is 8.10. The van der Waals surface area contributed by atoms with Crippen LogP contribution in [0.25, 0.3) is 21.8 Å². The molecule has 0 saturated carbocycles. The number of carbonyl (C=O) groups is 1. The van der Waals surface area contributed by atoms with E-state index in [1.807, 2.05) is 30.3 Å². The lowest BCUT2D eigenvalue weighted by molar-refractivity contribution is -0.146. The molecule has 37 heavy (non-hydrogen) atoms. The summed E-state index contributed by atoms with van der Waals surface area (Å²) in [6.07, 6.45) is 0. The second-order valence-corrected chi connectivity index (χ2v) is 10.9. The topological polar surface area (TPSA) is 65.4 Å². The van der Waals surface area contributed by atoms with Crippen molar-refractivity contribution in [3.05, 3.63) is 113 Å². The molecule has 0 fully saturated rings. The predicted molar refractivity (Wildman–Crippen MR) is 138 cm³/mol. The molecule has 5 rings (SSSR count). The average Bonchev–Trinajstić information content (AvgIpc) is 3.20. The van der Waals surface area contributed by atoms with Crippen LogP contribution >= 0.6 is 11.6 Å². The van der Waals surface area contributed by atoms with E-state index >= 15 is 0 Å². The molecule has 0 aliphatic carbocycles. The Morgan fingerprint density at radius 1 is 0.892 bits per heavy atom. The number of nitrogens with zero attached hydrogens (tertiary/aromatic N) is 1. The zero-order valence-electron chi connectivity index (χ0n) is 19.5. The lowest BCUT2D eigenvalue weighted by Gasteiger charge is -2.14. The molecule has 1 heterocycles. The van der Waals surface area contributed by atoms with E-state index in [1.54, 1.807) is 31.2 Å². The van der Waals surface area contributed by atoms with Crippen LogP contribution in [0.15, 0.2) is 89.8 Å². The number of hydrogen-bond acceptors (Lipinski definition) is 4. The SMILES string of the molecule is CC(C(=O)OCc1ccccc1)c1ccc2c3cc(Cl)ccc3n(S(=O)(=O)c3cc(F)cc(F)c3)c2c1. The normalized spacial score (nSPS) is 12.6. The van der Waals surface area contributed by atoms with Crippen molar-refractivity contribution < 1.29 is 26.7 Å². The summed E-state index contributed by atoms with van der Waals surface area (Å²) in [5.74, 6) is -3.22. The summed E-state index contributed by atoms with van der Waals surface area (Å²) in [5, 5.41) is 1.48. The van der Waals surface area contributed by atoms with Crippen LogP contribution in [-0.4, -0.2) is 18.4 Å². The molecular formula is C28H20ClF2NO4S. The Labute approximate surface area is 216 Å². The Balaban J connectivity index is 1.63. The Morgan fingerprint density at radius 2 is 1.59 bits per heavy atom. The van der Waals surface area contributed by atoms with Gasteiger partial charge < -0.3 is 4.74 Å². The second-order valence-electron chi connectivity index (χ2n) is 8.63. The molecule has 0 saturated heterocycles. The zero-order chi connectivity index (χ0) is 26.3. The van der Waals surface area contributed by atoms with Crippen LogP contribution in [0.2, 0.25) is 5.02 Å². The van der Waals surface area contributed by atoms with E-state index in [2.05, 4.69) is 0 Å². The quantitative estimate of drug-likeness (QED) is 0.222. The standard InChI is InChI=1S/C28H20ClF2NO4S/c1-17(28(33)36-16-18-5-3-2-4-6-18)19-7-9-24-25-12-20(29)8-10-26(25)32(27(24)11-19)37(34,35)23-14-21(30)13-22(31)15-23/h2-15,17H,16H2,1H3. The van der Waals surface area contributed by atoms with Crippen LogP contribution in [0.1, 0.15) is 24.0 Å². The molecule has 0 radical (unpaired) electrons. The smallest absolute Gasteiger partial charge is 0.313 e. The Morgan fingerprint density at radius 3 is 2.30 bits per heavy atom. The first-order valence-corrected chi connectivity index (χ1v) is 13.1. The maximum Gasteiger partial charge on any atom is 0.313 e. The van der Waals surface area contributed by atoms with E-state index in [1.165, 1.54) is 12.1 Å². The minimum Gasteiger partial charge on any atom is -0.460 e. The van der Waals surface area contributed by atoms with Gasteiger partial charge in [-0.05, 0) is 54.4 Å². The van der Waals surface area contributed by atoms with E-state index in [-0.39, 0.29) is 17.6 Å². The lowest BCUT2D eigenvalue weighted by atomic mass is 9.99. The molecule has 0 aliphatic heterocycles. The summed E-state index contributed by atoms with van der Waals surface area (Å²) in [6, 6.07) is 21.0. The van der Waals surface area contributed by atoms with E-state index in [4.69, 9.17) is 16.3 Å². The maximum atomic E-state index is 14.0. The van der Waals surface area contributed by atoms with Gasteiger partial charge in [-0.1, -0.05) is 54.1 Å². The largest absolute Gasteiger partial charge is 0.460 e. The van der Waals surface area contributed by atoms with Gasteiger partial charge in [-0.2, -0.15) is 0 Å².